The van der Waals surface area contributed by atoms with Gasteiger partial charge in [-0.15, -0.1) is 0 Å². The van der Waals surface area contributed by atoms with Gasteiger partial charge in [0.25, 0.3) is 5.91 Å². The predicted molar refractivity (Wildman–Crippen MR) is 75.0 cm³/mol. The van der Waals surface area contributed by atoms with E-state index in [0.717, 1.165) is 5.56 Å². The molecule has 0 atom stereocenters. The zero-order valence-corrected chi connectivity index (χ0v) is 11.3. The molecule has 5 nitrogen and oxygen atoms in total. The number of rotatable bonds is 2. The number of carbonyl (C=O) groups excluding carboxylic acids is 1. The first-order valence-corrected chi connectivity index (χ1v) is 6.02. The van der Waals surface area contributed by atoms with Crippen LogP contribution in [-0.2, 0) is 0 Å². The topological polar surface area (TPSA) is 80.9 Å². The average Bonchev–Trinajstić information content (AvgIpc) is 2.40. The normalized spacial score (nSPS) is 10.3. The van der Waals surface area contributed by atoms with Crippen molar-refractivity contribution in [1.29, 1.82) is 0 Å². The number of nitrogens with one attached hydrogen (secondary N) is 1. The number of nitrogens with zero attached hydrogens (tertiary/aromatic N) is 2. The number of nitrogens with two attached hydrogens (primary N) is 1. The molecule has 0 saturated heterocycles. The highest BCUT2D eigenvalue weighted by atomic mass is 35.5. The van der Waals surface area contributed by atoms with Crippen molar-refractivity contribution < 1.29 is 4.79 Å². The number of halogens is 1. The second-order valence-electron chi connectivity index (χ2n) is 4.02. The fraction of sp³-hybridized carbons (Fsp3) is 0.154. The van der Waals surface area contributed by atoms with E-state index in [9.17, 15) is 4.79 Å². The number of aromatic nitrogens is 2. The fourth-order valence-corrected chi connectivity index (χ4v) is 1.97. The molecule has 0 aliphatic carbocycles. The Morgan fingerprint density at radius 1 is 1.42 bits per heavy atom. The van der Waals surface area contributed by atoms with Crippen molar-refractivity contribution in [3.8, 4) is 11.3 Å². The lowest BCUT2D eigenvalue weighted by Crippen LogP contribution is -2.19. The minimum atomic E-state index is -0.226. The number of nitrogen functional groups attached to an aromatic ring is 1. The van der Waals surface area contributed by atoms with Crippen LogP contribution >= 0.6 is 11.6 Å². The minimum absolute atomic E-state index is 0.117. The molecule has 0 bridgehead atoms. The number of amides is 1. The van der Waals surface area contributed by atoms with Gasteiger partial charge in [0.2, 0.25) is 5.28 Å². The first-order valence-electron chi connectivity index (χ1n) is 5.64. The molecule has 0 aliphatic heterocycles. The molecule has 0 saturated carbocycles. The van der Waals surface area contributed by atoms with Crippen molar-refractivity contribution in [3.63, 3.8) is 0 Å². The van der Waals surface area contributed by atoms with Gasteiger partial charge < -0.3 is 11.1 Å². The third-order valence-corrected chi connectivity index (χ3v) is 2.93. The molecule has 3 N–H and O–H groups in total. The molecule has 98 valence electrons. The van der Waals surface area contributed by atoms with Gasteiger partial charge in [-0.2, -0.15) is 0 Å². The van der Waals surface area contributed by atoms with Crippen LogP contribution in [0.4, 0.5) is 5.69 Å². The van der Waals surface area contributed by atoms with Crippen LogP contribution in [0.15, 0.2) is 24.4 Å². The molecule has 0 aliphatic rings. The summed E-state index contributed by atoms with van der Waals surface area (Å²) in [5, 5.41) is 2.70. The van der Waals surface area contributed by atoms with Crippen LogP contribution < -0.4 is 11.1 Å². The molecule has 1 aromatic carbocycles. The average molecular weight is 277 g/mol. The van der Waals surface area contributed by atoms with Gasteiger partial charge in [-0.3, -0.25) is 4.79 Å². The van der Waals surface area contributed by atoms with E-state index in [1.54, 1.807) is 31.4 Å². The van der Waals surface area contributed by atoms with Crippen molar-refractivity contribution in [2.24, 2.45) is 0 Å². The minimum Gasteiger partial charge on any atom is -0.398 e. The third-order valence-electron chi connectivity index (χ3n) is 2.75. The molecule has 0 unspecified atom stereocenters. The molecular formula is C13H13ClN4O. The molecular weight excluding hydrogens is 264 g/mol. The quantitative estimate of drug-likeness (QED) is 0.650. The number of aryl methyl sites for hydroxylation is 1. The SMILES string of the molecule is CNC(=O)c1cccc(N)c1-c1nc(Cl)ncc1C. The van der Waals surface area contributed by atoms with Gasteiger partial charge in [0.15, 0.2) is 0 Å². The highest BCUT2D eigenvalue weighted by Crippen LogP contribution is 2.31. The smallest absolute Gasteiger partial charge is 0.251 e. The number of hydrogen-bond donors (Lipinski definition) is 2. The van der Waals surface area contributed by atoms with Crippen LogP contribution in [0.5, 0.6) is 0 Å². The fourth-order valence-electron chi connectivity index (χ4n) is 1.83. The molecule has 1 aromatic heterocycles. The summed E-state index contributed by atoms with van der Waals surface area (Å²) >= 11 is 5.82. The Morgan fingerprint density at radius 3 is 2.84 bits per heavy atom. The van der Waals surface area contributed by atoms with E-state index in [1.165, 1.54) is 0 Å². The van der Waals surface area contributed by atoms with Gasteiger partial charge in [-0.05, 0) is 36.2 Å². The van der Waals surface area contributed by atoms with E-state index in [0.29, 0.717) is 22.5 Å². The van der Waals surface area contributed by atoms with Crippen LogP contribution in [-0.4, -0.2) is 22.9 Å². The first-order chi connectivity index (χ1) is 9.04. The summed E-state index contributed by atoms with van der Waals surface area (Å²) in [5.74, 6) is -0.226. The Kier molecular flexibility index (Phi) is 3.66. The van der Waals surface area contributed by atoms with E-state index >= 15 is 0 Å². The standard InChI is InChI=1S/C13H13ClN4O/c1-7-6-17-13(14)18-11(7)10-8(12(19)16-2)4-3-5-9(10)15/h3-6H,15H2,1-2H3,(H,16,19). The number of anilines is 1. The van der Waals surface area contributed by atoms with E-state index in [4.69, 9.17) is 17.3 Å². The van der Waals surface area contributed by atoms with Crippen LogP contribution in [0.25, 0.3) is 11.3 Å². The molecule has 6 heteroatoms. The van der Waals surface area contributed by atoms with E-state index in [-0.39, 0.29) is 11.2 Å². The Morgan fingerprint density at radius 2 is 2.16 bits per heavy atom. The molecule has 0 radical (unpaired) electrons. The van der Waals surface area contributed by atoms with Crippen molar-refractivity contribution in [2.45, 2.75) is 6.92 Å². The van der Waals surface area contributed by atoms with Gasteiger partial charge in [0.1, 0.15) is 0 Å². The van der Waals surface area contributed by atoms with Gasteiger partial charge >= 0.3 is 0 Å². The van der Waals surface area contributed by atoms with Crippen LogP contribution in [0.3, 0.4) is 0 Å². The molecule has 0 fully saturated rings. The Bertz CT molecular complexity index is 643. The highest BCUT2D eigenvalue weighted by molar-refractivity contribution is 6.28. The largest absolute Gasteiger partial charge is 0.398 e. The second kappa shape index (κ2) is 5.24. The Hall–Kier alpha value is -2.14. The molecule has 19 heavy (non-hydrogen) atoms. The van der Waals surface area contributed by atoms with Crippen LogP contribution in [0.1, 0.15) is 15.9 Å². The van der Waals surface area contributed by atoms with Gasteiger partial charge in [-0.25, -0.2) is 9.97 Å². The maximum Gasteiger partial charge on any atom is 0.251 e. The summed E-state index contributed by atoms with van der Waals surface area (Å²) in [6, 6.07) is 5.14. The van der Waals surface area contributed by atoms with Gasteiger partial charge in [0.05, 0.1) is 11.3 Å². The zero-order chi connectivity index (χ0) is 14.0. The third kappa shape index (κ3) is 2.51. The van der Waals surface area contributed by atoms with E-state index in [2.05, 4.69) is 15.3 Å². The monoisotopic (exact) mass is 276 g/mol. The summed E-state index contributed by atoms with van der Waals surface area (Å²) in [7, 11) is 1.56. The molecule has 2 aromatic rings. The van der Waals surface area contributed by atoms with E-state index < -0.39 is 0 Å². The molecule has 1 heterocycles. The molecule has 0 spiro atoms. The second-order valence-corrected chi connectivity index (χ2v) is 4.36. The lowest BCUT2D eigenvalue weighted by Gasteiger charge is -2.12. The van der Waals surface area contributed by atoms with Crippen molar-refractivity contribution in [3.05, 3.63) is 40.8 Å². The Balaban J connectivity index is 2.74. The number of carbonyl (C=O) groups is 1. The molecule has 1 amide bonds. The zero-order valence-electron chi connectivity index (χ0n) is 10.6. The number of benzene rings is 1. The lowest BCUT2D eigenvalue weighted by atomic mass is 9.99. The lowest BCUT2D eigenvalue weighted by molar-refractivity contribution is 0.0963. The summed E-state index contributed by atoms with van der Waals surface area (Å²) < 4.78 is 0. The van der Waals surface area contributed by atoms with Crippen LogP contribution in [0, 0.1) is 6.92 Å². The summed E-state index contributed by atoms with van der Waals surface area (Å²) in [4.78, 5) is 20.0. The van der Waals surface area contributed by atoms with Crippen molar-refractivity contribution in [1.82, 2.24) is 15.3 Å². The maximum absolute atomic E-state index is 11.9. The summed E-state index contributed by atoms with van der Waals surface area (Å²) in [5.41, 5.74) is 8.85. The van der Waals surface area contributed by atoms with Gasteiger partial charge in [0, 0.05) is 24.5 Å². The predicted octanol–water partition coefficient (Wildman–Crippen LogP) is 2.05. The summed E-state index contributed by atoms with van der Waals surface area (Å²) in [6.45, 7) is 1.84. The van der Waals surface area contributed by atoms with E-state index in [1.807, 2.05) is 6.92 Å². The number of hydrogen-bond acceptors (Lipinski definition) is 4. The first kappa shape index (κ1) is 13.3. The van der Waals surface area contributed by atoms with Gasteiger partial charge in [-0.1, -0.05) is 6.07 Å². The highest BCUT2D eigenvalue weighted by Gasteiger charge is 2.17. The molecule has 2 rings (SSSR count). The summed E-state index contributed by atoms with van der Waals surface area (Å²) in [6.07, 6.45) is 1.60. The van der Waals surface area contributed by atoms with Crippen LogP contribution in [0.2, 0.25) is 5.28 Å². The van der Waals surface area contributed by atoms with Crippen molar-refractivity contribution in [2.75, 3.05) is 12.8 Å². The van der Waals surface area contributed by atoms with Crippen molar-refractivity contribution >= 4 is 23.2 Å². The Labute approximate surface area is 115 Å². The maximum atomic E-state index is 11.9.